The van der Waals surface area contributed by atoms with Crippen LogP contribution >= 0.6 is 11.3 Å². The number of thiophene rings is 1. The molecule has 0 saturated carbocycles. The standard InChI is InChI=1S/C13H21NS/c1-5-14-10-6-7-11-8-9-12(15-11)13(2,3)4/h6-9,14H,5,10H2,1-4H3/b7-6+. The molecule has 84 valence electrons. The quantitative estimate of drug-likeness (QED) is 0.768. The lowest BCUT2D eigenvalue weighted by Crippen LogP contribution is -2.11. The van der Waals surface area contributed by atoms with Crippen molar-refractivity contribution in [1.29, 1.82) is 0 Å². The molecule has 1 aromatic heterocycles. The van der Waals surface area contributed by atoms with Gasteiger partial charge < -0.3 is 5.32 Å². The summed E-state index contributed by atoms with van der Waals surface area (Å²) in [6, 6.07) is 4.44. The largest absolute Gasteiger partial charge is 0.314 e. The molecule has 1 heterocycles. The van der Waals surface area contributed by atoms with Crippen molar-refractivity contribution in [3.8, 4) is 0 Å². The second-order valence-electron chi connectivity index (χ2n) is 4.66. The Morgan fingerprint density at radius 3 is 2.60 bits per heavy atom. The van der Waals surface area contributed by atoms with Gasteiger partial charge in [0, 0.05) is 16.3 Å². The van der Waals surface area contributed by atoms with Crippen LogP contribution in [-0.4, -0.2) is 13.1 Å². The minimum absolute atomic E-state index is 0.276. The van der Waals surface area contributed by atoms with Crippen LogP contribution in [0.15, 0.2) is 18.2 Å². The lowest BCUT2D eigenvalue weighted by Gasteiger charge is -2.15. The average Bonchev–Trinajstić information content (AvgIpc) is 2.60. The molecule has 1 nitrogen and oxygen atoms in total. The van der Waals surface area contributed by atoms with Gasteiger partial charge in [0.05, 0.1) is 0 Å². The Morgan fingerprint density at radius 2 is 2.07 bits per heavy atom. The smallest absolute Gasteiger partial charge is 0.0270 e. The number of rotatable bonds is 4. The second-order valence-corrected chi connectivity index (χ2v) is 5.78. The van der Waals surface area contributed by atoms with Gasteiger partial charge >= 0.3 is 0 Å². The zero-order valence-corrected chi connectivity index (χ0v) is 10.9. The second kappa shape index (κ2) is 5.47. The van der Waals surface area contributed by atoms with Crippen LogP contribution in [0.5, 0.6) is 0 Å². The summed E-state index contributed by atoms with van der Waals surface area (Å²) >= 11 is 1.88. The first kappa shape index (κ1) is 12.5. The normalized spacial score (nSPS) is 12.5. The Hall–Kier alpha value is -0.600. The summed E-state index contributed by atoms with van der Waals surface area (Å²) in [7, 11) is 0. The number of hydrogen-bond acceptors (Lipinski definition) is 2. The molecule has 0 fully saturated rings. The maximum Gasteiger partial charge on any atom is 0.0270 e. The van der Waals surface area contributed by atoms with Crippen molar-refractivity contribution < 1.29 is 0 Å². The zero-order valence-electron chi connectivity index (χ0n) is 10.1. The molecule has 1 N–H and O–H groups in total. The first-order valence-electron chi connectivity index (χ1n) is 5.51. The molecule has 0 spiro atoms. The summed E-state index contributed by atoms with van der Waals surface area (Å²) < 4.78 is 0. The van der Waals surface area contributed by atoms with Gasteiger partial charge in [-0.05, 0) is 30.2 Å². The molecule has 0 amide bonds. The molecule has 0 radical (unpaired) electrons. The third-order valence-electron chi connectivity index (χ3n) is 2.16. The highest BCUT2D eigenvalue weighted by Crippen LogP contribution is 2.29. The Bertz CT molecular complexity index is 318. The summed E-state index contributed by atoms with van der Waals surface area (Å²) in [6.45, 7) is 10.9. The van der Waals surface area contributed by atoms with Gasteiger partial charge in [0.15, 0.2) is 0 Å². The Labute approximate surface area is 97.2 Å². The maximum absolute atomic E-state index is 3.27. The minimum Gasteiger partial charge on any atom is -0.314 e. The van der Waals surface area contributed by atoms with E-state index in [-0.39, 0.29) is 5.41 Å². The lowest BCUT2D eigenvalue weighted by molar-refractivity contribution is 0.604. The van der Waals surface area contributed by atoms with Gasteiger partial charge in [-0.1, -0.05) is 33.8 Å². The highest BCUT2D eigenvalue weighted by Gasteiger charge is 2.15. The van der Waals surface area contributed by atoms with E-state index in [4.69, 9.17) is 0 Å². The van der Waals surface area contributed by atoms with Gasteiger partial charge in [-0.2, -0.15) is 0 Å². The topological polar surface area (TPSA) is 12.0 Å². The SMILES string of the molecule is CCNC/C=C/c1ccc(C(C)(C)C)s1. The van der Waals surface area contributed by atoms with E-state index >= 15 is 0 Å². The van der Waals surface area contributed by atoms with E-state index in [0.717, 1.165) is 13.1 Å². The maximum atomic E-state index is 3.27. The fourth-order valence-corrected chi connectivity index (χ4v) is 2.24. The summed E-state index contributed by atoms with van der Waals surface area (Å²) in [5, 5.41) is 3.27. The monoisotopic (exact) mass is 223 g/mol. The van der Waals surface area contributed by atoms with Crippen LogP contribution in [0.3, 0.4) is 0 Å². The van der Waals surface area contributed by atoms with Crippen molar-refractivity contribution in [1.82, 2.24) is 5.32 Å². The predicted molar refractivity (Wildman–Crippen MR) is 70.6 cm³/mol. The molecule has 1 aromatic rings. The van der Waals surface area contributed by atoms with Crippen molar-refractivity contribution >= 4 is 17.4 Å². The fraction of sp³-hybridized carbons (Fsp3) is 0.538. The molecule has 0 unspecified atom stereocenters. The first-order valence-corrected chi connectivity index (χ1v) is 6.33. The van der Waals surface area contributed by atoms with Gasteiger partial charge in [-0.15, -0.1) is 11.3 Å². The Morgan fingerprint density at radius 1 is 1.33 bits per heavy atom. The van der Waals surface area contributed by atoms with E-state index < -0.39 is 0 Å². The van der Waals surface area contributed by atoms with E-state index in [1.165, 1.54) is 9.75 Å². The summed E-state index contributed by atoms with van der Waals surface area (Å²) in [6.07, 6.45) is 4.38. The minimum atomic E-state index is 0.276. The van der Waals surface area contributed by atoms with Gasteiger partial charge in [0.25, 0.3) is 0 Å². The summed E-state index contributed by atoms with van der Waals surface area (Å²) in [5.74, 6) is 0. The Balaban J connectivity index is 2.57. The number of nitrogens with one attached hydrogen (secondary N) is 1. The molecule has 0 bridgehead atoms. The van der Waals surface area contributed by atoms with E-state index in [1.807, 2.05) is 11.3 Å². The average molecular weight is 223 g/mol. The molecule has 0 aliphatic heterocycles. The Kier molecular flexibility index (Phi) is 4.55. The molecule has 0 aromatic carbocycles. The zero-order chi connectivity index (χ0) is 11.3. The highest BCUT2D eigenvalue weighted by atomic mass is 32.1. The number of hydrogen-bond donors (Lipinski definition) is 1. The molecule has 0 atom stereocenters. The third kappa shape index (κ3) is 4.18. The van der Waals surface area contributed by atoms with Crippen molar-refractivity contribution in [2.24, 2.45) is 0 Å². The van der Waals surface area contributed by atoms with Crippen molar-refractivity contribution in [2.75, 3.05) is 13.1 Å². The molecular weight excluding hydrogens is 202 g/mol. The van der Waals surface area contributed by atoms with Crippen molar-refractivity contribution in [2.45, 2.75) is 33.1 Å². The predicted octanol–water partition coefficient (Wildman–Crippen LogP) is 3.67. The molecule has 0 aliphatic carbocycles. The van der Waals surface area contributed by atoms with E-state index in [1.54, 1.807) is 0 Å². The molecule has 15 heavy (non-hydrogen) atoms. The third-order valence-corrected chi connectivity index (χ3v) is 3.64. The molecule has 0 saturated heterocycles. The van der Waals surface area contributed by atoms with Gasteiger partial charge in [0.2, 0.25) is 0 Å². The summed E-state index contributed by atoms with van der Waals surface area (Å²) in [5.41, 5.74) is 0.276. The van der Waals surface area contributed by atoms with E-state index in [2.05, 4.69) is 57.3 Å². The fourth-order valence-electron chi connectivity index (χ4n) is 1.25. The lowest BCUT2D eigenvalue weighted by atomic mass is 9.95. The van der Waals surface area contributed by atoms with Crippen LogP contribution in [0.4, 0.5) is 0 Å². The van der Waals surface area contributed by atoms with Crippen molar-refractivity contribution in [3.05, 3.63) is 28.0 Å². The van der Waals surface area contributed by atoms with Crippen LogP contribution < -0.4 is 5.32 Å². The molecule has 2 heteroatoms. The van der Waals surface area contributed by atoms with Crippen LogP contribution in [0, 0.1) is 0 Å². The van der Waals surface area contributed by atoms with Crippen LogP contribution in [0.2, 0.25) is 0 Å². The molecule has 0 aliphatic rings. The van der Waals surface area contributed by atoms with Gasteiger partial charge in [-0.25, -0.2) is 0 Å². The first-order chi connectivity index (χ1) is 7.04. The number of likely N-dealkylation sites (N-methyl/N-ethyl adjacent to an activating group) is 1. The summed E-state index contributed by atoms with van der Waals surface area (Å²) in [4.78, 5) is 2.79. The van der Waals surface area contributed by atoms with Gasteiger partial charge in [0.1, 0.15) is 0 Å². The molecule has 1 rings (SSSR count). The highest BCUT2D eigenvalue weighted by molar-refractivity contribution is 7.13. The van der Waals surface area contributed by atoms with Crippen LogP contribution in [0.1, 0.15) is 37.4 Å². The van der Waals surface area contributed by atoms with Gasteiger partial charge in [-0.3, -0.25) is 0 Å². The molecular formula is C13H21NS. The van der Waals surface area contributed by atoms with E-state index in [9.17, 15) is 0 Å². The van der Waals surface area contributed by atoms with Crippen LogP contribution in [0.25, 0.3) is 6.08 Å². The van der Waals surface area contributed by atoms with Crippen LogP contribution in [-0.2, 0) is 5.41 Å². The van der Waals surface area contributed by atoms with Crippen molar-refractivity contribution in [3.63, 3.8) is 0 Å². The van der Waals surface area contributed by atoms with E-state index in [0.29, 0.717) is 0 Å².